The molecule has 26 nitrogen and oxygen atoms in total. The number of ketones is 2. The van der Waals surface area contributed by atoms with Gasteiger partial charge in [-0.2, -0.15) is 0 Å². The summed E-state index contributed by atoms with van der Waals surface area (Å²) in [5.41, 5.74) is -1.57. The number of ether oxygens (including phenoxy) is 8. The van der Waals surface area contributed by atoms with Crippen molar-refractivity contribution in [2.75, 3.05) is 95.3 Å². The molecule has 4 aliphatic heterocycles. The highest BCUT2D eigenvalue weighted by Crippen LogP contribution is 2.43. The van der Waals surface area contributed by atoms with Gasteiger partial charge in [0.1, 0.15) is 76.8 Å². The van der Waals surface area contributed by atoms with Crippen LogP contribution in [0.3, 0.4) is 0 Å². The van der Waals surface area contributed by atoms with E-state index < -0.39 is 148 Å². The van der Waals surface area contributed by atoms with E-state index >= 15 is 0 Å². The average Bonchev–Trinajstić information content (AvgIpc) is 1.76. The number of likely N-dealkylation sites (N-methyl/N-ethyl adjacent to an activating group) is 3. The fraction of sp³-hybridized carbons (Fsp3) is 0.945. The van der Waals surface area contributed by atoms with Crippen molar-refractivity contribution in [1.29, 1.82) is 0 Å². The standard InChI is InChI=1S/C31H60N2O8.C30H59N3O6.C24H45NO6.3C2H6/c1-13-23-31(10,37)27(34)21(6)33(11)16-17(2)14-29(8,36)20(5)18(3)25(19(4)28(35)40-23)41-24-15-30(9,38-12)26(32)22(7)39-24;1-12-25-30(8,37)27(35)24(6)33(11)19-20(2)18-29(7,38-17-15-31-14-13-16-32(9)10)23(5)21(3)26(34)22(4)28(36)39-25;1-11-19-24(8,29)21(27)18(6)25(9)13-14(2)12-23(7,30-10)17(5)15(3)20(26)16(4)22(28)31-19;3*1-2/h17-27,34,36-37H,13-16,32H2,1-12H3;20-25,27,31,35,37H,12-19H2,1-11H3;14-19,21,27,29H,11-13H2,1-10H3;3*1-2H3/t17-,18-,19-,20-,21-,22+,23-,24+,25+,26+,27-,29-,30-,31-;20-,21-,22-,23-,24-,25-,27-,29-,30-;14-,15-,16-,17-,18-,19-,21-,23-,24-;;;/m111.../s1. The van der Waals surface area contributed by atoms with Crippen molar-refractivity contribution < 1.29 is 97.6 Å². The molecule has 696 valence electrons. The summed E-state index contributed by atoms with van der Waals surface area (Å²) in [6, 6.07) is -1.55. The lowest BCUT2D eigenvalue weighted by molar-refractivity contribution is -0.273. The summed E-state index contributed by atoms with van der Waals surface area (Å²) in [5, 5.41) is 82.6. The summed E-state index contributed by atoms with van der Waals surface area (Å²) >= 11 is 0. The Kier molecular flexibility index (Phi) is 51.7. The topological polar surface area (TPSA) is 352 Å². The Morgan fingerprint density at radius 1 is 0.487 bits per heavy atom. The number of hydrogen-bond donors (Lipinski definition) is 9. The minimum atomic E-state index is -1.69. The summed E-state index contributed by atoms with van der Waals surface area (Å²) < 4.78 is 48.2. The van der Waals surface area contributed by atoms with Gasteiger partial charge < -0.3 is 104 Å². The molecule has 0 amide bonds. The number of nitrogens with two attached hydrogens (primary N) is 1. The maximum Gasteiger partial charge on any atom is 0.316 e. The summed E-state index contributed by atoms with van der Waals surface area (Å²) in [6.45, 7) is 65.2. The second-order valence-electron chi connectivity index (χ2n) is 36.9. The quantitative estimate of drug-likeness (QED) is 0.0318. The van der Waals surface area contributed by atoms with E-state index in [2.05, 4.69) is 52.0 Å². The molecule has 4 fully saturated rings. The highest BCUT2D eigenvalue weighted by molar-refractivity contribution is 6.00. The van der Waals surface area contributed by atoms with Crippen LogP contribution in [-0.2, 0) is 61.9 Å². The van der Waals surface area contributed by atoms with Gasteiger partial charge in [-0.25, -0.2) is 0 Å². The fourth-order valence-electron chi connectivity index (χ4n) is 17.7. The lowest BCUT2D eigenvalue weighted by Gasteiger charge is -2.47. The summed E-state index contributed by atoms with van der Waals surface area (Å²) in [6.07, 6.45) is -3.77. The first-order valence-electron chi connectivity index (χ1n) is 44.7. The monoisotopic (exact) mass is 1680 g/mol. The van der Waals surface area contributed by atoms with E-state index in [0.29, 0.717) is 77.7 Å². The molecule has 4 rings (SSSR count). The Balaban J connectivity index is 0. The van der Waals surface area contributed by atoms with E-state index in [-0.39, 0.29) is 71.2 Å². The number of aliphatic hydroxyl groups is 7. The number of aliphatic hydroxyl groups excluding tert-OH is 3. The van der Waals surface area contributed by atoms with E-state index in [1.807, 2.05) is 174 Å². The number of cyclic esters (lactones) is 3. The fourth-order valence-corrected chi connectivity index (χ4v) is 17.7. The predicted octanol–water partition coefficient (Wildman–Crippen LogP) is 11.0. The molecule has 0 aromatic carbocycles. The molecule has 32 atom stereocenters. The van der Waals surface area contributed by atoms with Crippen molar-refractivity contribution in [1.82, 2.24) is 24.9 Å². The smallest absolute Gasteiger partial charge is 0.316 e. The SMILES string of the molecule is CC.CC.CC.CC[C@H]1OC(=O)[C@H](C)C(=O)[C@H](C)[C@@H](C)[C@](C)(OC)C[C@@H](C)CN(C)[C@H](C)[C@@H](O)[C@]1(C)O.CC[C@H]1OC(=O)[C@H](C)C(=O)[C@H](C)[C@@H](C)[C@](C)(OCCNCCCN(C)C)C[C@@H](C)CN(C)[C@H](C)[C@@H](O)[C@]1(C)O.CC[C@H]1OC(=O)[C@H](C)[C@@H](O[C@H]2C[C@@](C)(OC)[C@@H](N)[C@H](C)O2)[C@H](C)[C@@H](C)[C@](C)(O)C[C@@H](C)CN(C)[C@H](C)[C@@H](O)[C@]1(C)O. The van der Waals surface area contributed by atoms with Crippen LogP contribution in [0.1, 0.15) is 273 Å². The minimum absolute atomic E-state index is 0.0810. The highest BCUT2D eigenvalue weighted by atomic mass is 16.7. The van der Waals surface area contributed by atoms with E-state index in [9.17, 15) is 59.7 Å². The van der Waals surface area contributed by atoms with Crippen LogP contribution < -0.4 is 11.1 Å². The first kappa shape index (κ1) is 116. The van der Waals surface area contributed by atoms with Crippen LogP contribution in [0.4, 0.5) is 0 Å². The van der Waals surface area contributed by atoms with E-state index in [1.165, 1.54) is 20.8 Å². The van der Waals surface area contributed by atoms with Gasteiger partial charge in [-0.05, 0) is 232 Å². The maximum atomic E-state index is 13.7. The van der Waals surface area contributed by atoms with Gasteiger partial charge in [-0.1, -0.05) is 125 Å². The molecule has 4 heterocycles. The zero-order chi connectivity index (χ0) is 92.1. The van der Waals surface area contributed by atoms with Crippen LogP contribution in [-0.4, -0.2) is 299 Å². The van der Waals surface area contributed by atoms with Crippen molar-refractivity contribution in [2.45, 2.75) is 391 Å². The molecular formula is C91H182N6O20. The summed E-state index contributed by atoms with van der Waals surface area (Å²) in [7, 11) is 13.1. The normalized spacial score (nSPS) is 42.4. The van der Waals surface area contributed by atoms with Crippen LogP contribution in [0.25, 0.3) is 0 Å². The van der Waals surface area contributed by atoms with E-state index in [4.69, 9.17) is 43.6 Å². The van der Waals surface area contributed by atoms with Gasteiger partial charge in [0.2, 0.25) is 0 Å². The largest absolute Gasteiger partial charge is 0.459 e. The van der Waals surface area contributed by atoms with E-state index in [1.54, 1.807) is 48.8 Å². The zero-order valence-electron chi connectivity index (χ0n) is 81.3. The predicted molar refractivity (Wildman–Crippen MR) is 468 cm³/mol. The number of rotatable bonds is 15. The minimum Gasteiger partial charge on any atom is -0.459 e. The molecule has 0 aliphatic carbocycles. The number of carbonyl (C=O) groups is 5. The number of nitrogens with zero attached hydrogens (tertiary/aromatic N) is 4. The maximum absolute atomic E-state index is 13.7. The number of carbonyl (C=O) groups excluding carboxylic acids is 5. The summed E-state index contributed by atoms with van der Waals surface area (Å²) in [5.74, 6) is -6.22. The van der Waals surface area contributed by atoms with Gasteiger partial charge in [-0.3, -0.25) is 24.0 Å². The molecule has 26 heteroatoms. The Bertz CT molecular complexity index is 2820. The number of hydrogen-bond acceptors (Lipinski definition) is 26. The number of nitrogens with one attached hydrogen (secondary N) is 1. The Morgan fingerprint density at radius 2 is 0.829 bits per heavy atom. The van der Waals surface area contributed by atoms with Crippen LogP contribution in [0.2, 0.25) is 0 Å². The lowest BCUT2D eigenvalue weighted by atomic mass is 9.72. The lowest BCUT2D eigenvalue weighted by Crippen LogP contribution is -2.61. The molecule has 0 aromatic rings. The van der Waals surface area contributed by atoms with Crippen LogP contribution in [0, 0.1) is 71.0 Å². The third-order valence-corrected chi connectivity index (χ3v) is 27.3. The zero-order valence-corrected chi connectivity index (χ0v) is 81.3. The molecule has 0 radical (unpaired) electrons. The second-order valence-corrected chi connectivity index (χ2v) is 36.9. The number of methoxy groups -OCH3 is 2. The van der Waals surface area contributed by atoms with Crippen molar-refractivity contribution in [3.8, 4) is 0 Å². The molecule has 4 aliphatic rings. The highest BCUT2D eigenvalue weighted by Gasteiger charge is 2.53. The molecule has 0 bridgehead atoms. The number of esters is 3. The number of Topliss-reactive ketones (excluding diaryl/α,β-unsaturated/α-hetero) is 2. The van der Waals surface area contributed by atoms with Crippen molar-refractivity contribution >= 4 is 29.5 Å². The molecular weight excluding hydrogens is 1500 g/mol. The van der Waals surface area contributed by atoms with Crippen molar-refractivity contribution in [3.05, 3.63) is 0 Å². The third kappa shape index (κ3) is 32.2. The molecule has 4 saturated heterocycles. The molecule has 0 unspecified atom stereocenters. The average molecular weight is 1680 g/mol. The van der Waals surface area contributed by atoms with Crippen LogP contribution in [0.5, 0.6) is 0 Å². The molecule has 0 saturated carbocycles. The van der Waals surface area contributed by atoms with Crippen LogP contribution >= 0.6 is 0 Å². The van der Waals surface area contributed by atoms with Gasteiger partial charge in [0.05, 0.1) is 53.2 Å². The van der Waals surface area contributed by atoms with Gasteiger partial charge in [0, 0.05) is 76.8 Å². The van der Waals surface area contributed by atoms with Crippen molar-refractivity contribution in [3.63, 3.8) is 0 Å². The molecule has 117 heavy (non-hydrogen) atoms. The molecule has 10 N–H and O–H groups in total. The third-order valence-electron chi connectivity index (χ3n) is 27.3. The van der Waals surface area contributed by atoms with Gasteiger partial charge in [0.25, 0.3) is 0 Å². The Morgan fingerprint density at radius 3 is 1.18 bits per heavy atom. The van der Waals surface area contributed by atoms with Crippen molar-refractivity contribution in [2.24, 2.45) is 76.7 Å². The Labute approximate surface area is 712 Å². The van der Waals surface area contributed by atoms with Gasteiger partial charge in [0.15, 0.2) is 6.29 Å². The molecule has 0 aromatic heterocycles. The van der Waals surface area contributed by atoms with Gasteiger partial charge in [-0.15, -0.1) is 0 Å². The second kappa shape index (κ2) is 52.1. The van der Waals surface area contributed by atoms with Gasteiger partial charge >= 0.3 is 17.9 Å². The first-order valence-corrected chi connectivity index (χ1v) is 44.7. The Hall–Kier alpha value is -2.97. The van der Waals surface area contributed by atoms with Crippen LogP contribution in [0.15, 0.2) is 0 Å². The first-order chi connectivity index (χ1) is 53.8. The molecule has 0 spiro atoms. The summed E-state index contributed by atoms with van der Waals surface area (Å²) in [4.78, 5) is 74.5. The van der Waals surface area contributed by atoms with E-state index in [0.717, 1.165) is 19.5 Å².